The molecule has 1 aromatic heterocycles. The van der Waals surface area contributed by atoms with Crippen LogP contribution in [0.25, 0.3) is 21.9 Å². The molecule has 0 unspecified atom stereocenters. The minimum atomic E-state index is 0.144. The molecule has 76 valence electrons. The Kier molecular flexibility index (Phi) is 2.16. The van der Waals surface area contributed by atoms with Crippen molar-refractivity contribution in [3.63, 3.8) is 0 Å². The standard InChI is InChI=1S/C13H10IO/c1-14-9-6-7-11-10-4-2-3-5-12(10)15-13(11)8-9/h2-8H,1H3/q-1. The number of fused-ring (bicyclic) bond motifs is 3. The Morgan fingerprint density at radius 3 is 2.60 bits per heavy atom. The Labute approximate surface area is 98.3 Å². The predicted octanol–water partition coefficient (Wildman–Crippen LogP) is 0.474. The number of alkyl halides is 1. The van der Waals surface area contributed by atoms with E-state index < -0.39 is 0 Å². The van der Waals surface area contributed by atoms with Crippen molar-refractivity contribution in [2.24, 2.45) is 0 Å². The molecule has 0 saturated carbocycles. The van der Waals surface area contributed by atoms with Crippen molar-refractivity contribution >= 4 is 21.9 Å². The molecule has 0 fully saturated rings. The summed E-state index contributed by atoms with van der Waals surface area (Å²) in [5.74, 6) is 0. The SMILES string of the molecule is C[I-]c1ccc2c(c1)oc1ccccc12. The third kappa shape index (κ3) is 1.44. The molecule has 0 spiro atoms. The number of halogens is 1. The van der Waals surface area contributed by atoms with E-state index in [1.54, 1.807) is 0 Å². The van der Waals surface area contributed by atoms with Crippen molar-refractivity contribution in [2.45, 2.75) is 0 Å². The van der Waals surface area contributed by atoms with Gasteiger partial charge in [0.1, 0.15) is 0 Å². The molecule has 3 aromatic rings. The van der Waals surface area contributed by atoms with Crippen LogP contribution in [0, 0.1) is 3.57 Å². The zero-order valence-electron chi connectivity index (χ0n) is 8.33. The van der Waals surface area contributed by atoms with E-state index in [2.05, 4.69) is 35.3 Å². The van der Waals surface area contributed by atoms with Gasteiger partial charge in [0, 0.05) is 0 Å². The number of rotatable bonds is 1. The number of furan rings is 1. The van der Waals surface area contributed by atoms with Crippen LogP contribution in [0.5, 0.6) is 0 Å². The molecule has 3 rings (SSSR count). The van der Waals surface area contributed by atoms with Gasteiger partial charge >= 0.3 is 98.5 Å². The first-order chi connectivity index (χ1) is 7.38. The van der Waals surface area contributed by atoms with Gasteiger partial charge in [-0.2, -0.15) is 0 Å². The third-order valence-electron chi connectivity index (χ3n) is 2.56. The topological polar surface area (TPSA) is 13.1 Å². The number of hydrogen-bond acceptors (Lipinski definition) is 1. The molecule has 0 aliphatic heterocycles. The van der Waals surface area contributed by atoms with Gasteiger partial charge in [0.2, 0.25) is 0 Å². The summed E-state index contributed by atoms with van der Waals surface area (Å²) in [6.07, 6.45) is 0. The van der Waals surface area contributed by atoms with Crippen LogP contribution < -0.4 is 21.2 Å². The van der Waals surface area contributed by atoms with Crippen molar-refractivity contribution in [2.75, 3.05) is 4.93 Å². The van der Waals surface area contributed by atoms with Crippen molar-refractivity contribution in [3.8, 4) is 0 Å². The van der Waals surface area contributed by atoms with Crippen LogP contribution in [-0.2, 0) is 0 Å². The van der Waals surface area contributed by atoms with E-state index in [-0.39, 0.29) is 21.2 Å². The summed E-state index contributed by atoms with van der Waals surface area (Å²) in [6.45, 7) is 0. The molecule has 15 heavy (non-hydrogen) atoms. The summed E-state index contributed by atoms with van der Waals surface area (Å²) >= 11 is 0.144. The summed E-state index contributed by atoms with van der Waals surface area (Å²) in [4.78, 5) is 2.27. The molecule has 0 amide bonds. The first-order valence-corrected chi connectivity index (χ1v) is 8.03. The van der Waals surface area contributed by atoms with Gasteiger partial charge in [0.25, 0.3) is 0 Å². The van der Waals surface area contributed by atoms with Crippen LogP contribution in [-0.4, -0.2) is 4.93 Å². The zero-order chi connectivity index (χ0) is 10.3. The molecule has 0 aliphatic carbocycles. The normalized spacial score (nSPS) is 11.5. The molecule has 2 aromatic carbocycles. The molecule has 0 radical (unpaired) electrons. The summed E-state index contributed by atoms with van der Waals surface area (Å²) in [5, 5.41) is 2.44. The van der Waals surface area contributed by atoms with Crippen LogP contribution >= 0.6 is 0 Å². The van der Waals surface area contributed by atoms with Crippen molar-refractivity contribution in [1.29, 1.82) is 0 Å². The van der Waals surface area contributed by atoms with E-state index in [1.807, 2.05) is 12.1 Å². The second-order valence-electron chi connectivity index (χ2n) is 3.43. The van der Waals surface area contributed by atoms with Crippen LogP contribution in [0.4, 0.5) is 0 Å². The Bertz CT molecular complexity index is 625. The second kappa shape index (κ2) is 3.52. The predicted molar refractivity (Wildman–Crippen MR) is 58.3 cm³/mol. The van der Waals surface area contributed by atoms with Crippen molar-refractivity contribution in [1.82, 2.24) is 0 Å². The Morgan fingerprint density at radius 1 is 0.933 bits per heavy atom. The second-order valence-corrected chi connectivity index (χ2v) is 5.75. The fourth-order valence-electron chi connectivity index (χ4n) is 1.82. The van der Waals surface area contributed by atoms with Gasteiger partial charge in [-0.1, -0.05) is 0 Å². The first kappa shape index (κ1) is 9.21. The Morgan fingerprint density at radius 2 is 1.73 bits per heavy atom. The molecule has 0 bridgehead atoms. The summed E-state index contributed by atoms with van der Waals surface area (Å²) in [6, 6.07) is 14.8. The quantitative estimate of drug-likeness (QED) is 0.471. The molecule has 0 atom stereocenters. The monoisotopic (exact) mass is 309 g/mol. The Hall–Kier alpha value is -1.03. The third-order valence-corrected chi connectivity index (χ3v) is 4.48. The molecule has 2 heteroatoms. The molecule has 1 heterocycles. The van der Waals surface area contributed by atoms with E-state index in [1.165, 1.54) is 14.3 Å². The molecule has 0 aliphatic rings. The number of benzene rings is 2. The fraction of sp³-hybridized carbons (Fsp3) is 0.0769. The van der Waals surface area contributed by atoms with Crippen molar-refractivity contribution < 1.29 is 25.6 Å². The fourth-order valence-corrected chi connectivity index (χ4v) is 2.95. The number of hydrogen-bond donors (Lipinski definition) is 0. The van der Waals surface area contributed by atoms with Crippen molar-refractivity contribution in [3.05, 3.63) is 46.0 Å². The van der Waals surface area contributed by atoms with E-state index in [4.69, 9.17) is 4.42 Å². The van der Waals surface area contributed by atoms with Gasteiger partial charge in [-0.25, -0.2) is 0 Å². The van der Waals surface area contributed by atoms with Crippen LogP contribution in [0.1, 0.15) is 0 Å². The van der Waals surface area contributed by atoms with E-state index in [0.717, 1.165) is 11.2 Å². The first-order valence-electron chi connectivity index (χ1n) is 4.79. The van der Waals surface area contributed by atoms with Gasteiger partial charge in [0.05, 0.1) is 0 Å². The molecule has 1 nitrogen and oxygen atoms in total. The summed E-state index contributed by atoms with van der Waals surface area (Å²) < 4.78 is 7.24. The van der Waals surface area contributed by atoms with E-state index in [9.17, 15) is 0 Å². The van der Waals surface area contributed by atoms with Gasteiger partial charge < -0.3 is 0 Å². The van der Waals surface area contributed by atoms with E-state index >= 15 is 0 Å². The summed E-state index contributed by atoms with van der Waals surface area (Å²) in [7, 11) is 0. The van der Waals surface area contributed by atoms with Crippen LogP contribution in [0.15, 0.2) is 46.9 Å². The van der Waals surface area contributed by atoms with Crippen LogP contribution in [0.2, 0.25) is 0 Å². The van der Waals surface area contributed by atoms with Gasteiger partial charge in [-0.15, -0.1) is 0 Å². The number of para-hydroxylation sites is 1. The average molecular weight is 309 g/mol. The molecule has 0 N–H and O–H groups in total. The van der Waals surface area contributed by atoms with E-state index in [0.29, 0.717) is 0 Å². The van der Waals surface area contributed by atoms with Gasteiger partial charge in [-0.05, 0) is 0 Å². The molecular formula is C13H10IO-. The molecular weight excluding hydrogens is 299 g/mol. The molecule has 0 saturated heterocycles. The zero-order valence-corrected chi connectivity index (χ0v) is 10.5. The van der Waals surface area contributed by atoms with Gasteiger partial charge in [0.15, 0.2) is 0 Å². The maximum absolute atomic E-state index is 5.81. The minimum absolute atomic E-state index is 0.144. The maximum atomic E-state index is 5.81. The van der Waals surface area contributed by atoms with Gasteiger partial charge in [-0.3, -0.25) is 0 Å². The Balaban J connectivity index is 2.43. The average Bonchev–Trinajstić information content (AvgIpc) is 2.66. The summed E-state index contributed by atoms with van der Waals surface area (Å²) in [5.41, 5.74) is 2.01. The van der Waals surface area contributed by atoms with Crippen LogP contribution in [0.3, 0.4) is 0 Å².